The molecule has 0 unspecified atom stereocenters. The number of rotatable bonds is 23. The number of hydrogen-bond acceptors (Lipinski definition) is 8. The van der Waals surface area contributed by atoms with E-state index in [-0.39, 0.29) is 11.5 Å². The minimum absolute atomic E-state index is 0.0847. The van der Waals surface area contributed by atoms with Crippen LogP contribution >= 0.6 is 0 Å². The first-order chi connectivity index (χ1) is 23.2. The predicted octanol–water partition coefficient (Wildman–Crippen LogP) is 7.23. The minimum atomic E-state index is -0.103. The molecule has 0 saturated carbocycles. The van der Waals surface area contributed by atoms with Gasteiger partial charge in [-0.3, -0.25) is 14.8 Å². The van der Waals surface area contributed by atoms with Gasteiger partial charge in [0.05, 0.1) is 56.8 Å². The molecule has 0 saturated heterocycles. The number of benzene rings is 2. The molecule has 0 aliphatic carbocycles. The van der Waals surface area contributed by atoms with Crippen molar-refractivity contribution in [1.29, 1.82) is 0 Å². The number of aliphatic hydroxyl groups is 1. The molecule has 0 atom stereocenters. The van der Waals surface area contributed by atoms with Gasteiger partial charge in [0.25, 0.3) is 0 Å². The van der Waals surface area contributed by atoms with Gasteiger partial charge in [0.2, 0.25) is 0 Å². The molecule has 4 aromatic rings. The van der Waals surface area contributed by atoms with Crippen molar-refractivity contribution < 1.29 is 28.8 Å². The summed E-state index contributed by atoms with van der Waals surface area (Å²) >= 11 is 0. The standard InChI is InChI=1S/C39H46N2O6/c42-36(13-7-21-44-25-27-46-23-17-32-15-19-40-38(29-32)34-9-3-1-4-10-34)31-37(43)14-8-22-45-26-28-47-24-18-33-16-20-41-39(30-33)35-11-5-2-6-12-35/h1-6,9-12,15-16,19-20,29-31,42H,7-8,13-14,17-18,21-28H2. The molecular weight excluding hydrogens is 592 g/mol. The van der Waals surface area contributed by atoms with E-state index in [0.29, 0.717) is 78.5 Å². The average molecular weight is 639 g/mol. The smallest absolute Gasteiger partial charge is 0.159 e. The highest BCUT2D eigenvalue weighted by Crippen LogP contribution is 2.18. The lowest BCUT2D eigenvalue weighted by atomic mass is 10.1. The molecule has 0 radical (unpaired) electrons. The van der Waals surface area contributed by atoms with Crippen LogP contribution in [0.25, 0.3) is 22.5 Å². The van der Waals surface area contributed by atoms with Crippen molar-refractivity contribution in [2.24, 2.45) is 0 Å². The summed E-state index contributed by atoms with van der Waals surface area (Å²) in [5.74, 6) is -0.0181. The Labute approximate surface area is 278 Å². The Morgan fingerprint density at radius 2 is 1.02 bits per heavy atom. The molecule has 47 heavy (non-hydrogen) atoms. The molecule has 2 aromatic heterocycles. The molecule has 2 aromatic carbocycles. The van der Waals surface area contributed by atoms with Crippen LogP contribution in [0.2, 0.25) is 0 Å². The number of carbonyl (C=O) groups excluding carboxylic acids is 1. The van der Waals surface area contributed by atoms with Gasteiger partial charge in [-0.1, -0.05) is 60.7 Å². The zero-order valence-corrected chi connectivity index (χ0v) is 27.1. The summed E-state index contributed by atoms with van der Waals surface area (Å²) in [5, 5.41) is 10.1. The Kier molecular flexibility index (Phi) is 16.3. The van der Waals surface area contributed by atoms with Crippen LogP contribution in [0.5, 0.6) is 0 Å². The molecule has 4 rings (SSSR count). The maximum atomic E-state index is 12.1. The third-order valence-electron chi connectivity index (χ3n) is 7.36. The van der Waals surface area contributed by atoms with Gasteiger partial charge in [-0.05, 0) is 61.1 Å². The molecule has 2 heterocycles. The van der Waals surface area contributed by atoms with Gasteiger partial charge in [-0.2, -0.15) is 0 Å². The van der Waals surface area contributed by atoms with Crippen molar-refractivity contribution in [3.63, 3.8) is 0 Å². The van der Waals surface area contributed by atoms with Crippen molar-refractivity contribution in [3.8, 4) is 22.5 Å². The molecule has 0 bridgehead atoms. The van der Waals surface area contributed by atoms with E-state index >= 15 is 0 Å². The van der Waals surface area contributed by atoms with Crippen LogP contribution in [-0.2, 0) is 36.6 Å². The Morgan fingerprint density at radius 3 is 1.51 bits per heavy atom. The molecule has 0 amide bonds. The SMILES string of the molecule is O=C(C=C(O)CCCOCCOCCc1ccnc(-c2ccccc2)c1)CCCOCCOCCc1ccnc(-c2ccccc2)c1. The summed E-state index contributed by atoms with van der Waals surface area (Å²) < 4.78 is 22.6. The minimum Gasteiger partial charge on any atom is -0.512 e. The zero-order chi connectivity index (χ0) is 32.8. The number of ketones is 1. The average Bonchev–Trinajstić information content (AvgIpc) is 3.11. The molecule has 0 aliphatic rings. The maximum absolute atomic E-state index is 12.1. The van der Waals surface area contributed by atoms with E-state index in [0.717, 1.165) is 35.4 Å². The van der Waals surface area contributed by atoms with E-state index in [2.05, 4.69) is 46.4 Å². The molecule has 248 valence electrons. The Morgan fingerprint density at radius 1 is 0.574 bits per heavy atom. The van der Waals surface area contributed by atoms with Crippen LogP contribution < -0.4 is 0 Å². The summed E-state index contributed by atoms with van der Waals surface area (Å²) in [5.41, 5.74) is 6.48. The quantitative estimate of drug-likeness (QED) is 0.0516. The lowest BCUT2D eigenvalue weighted by Gasteiger charge is -2.07. The van der Waals surface area contributed by atoms with E-state index in [4.69, 9.17) is 18.9 Å². The van der Waals surface area contributed by atoms with Gasteiger partial charge in [-0.25, -0.2) is 0 Å². The number of allylic oxidation sites excluding steroid dienone is 2. The van der Waals surface area contributed by atoms with Gasteiger partial charge in [0.15, 0.2) is 5.78 Å². The third kappa shape index (κ3) is 14.4. The summed E-state index contributed by atoms with van der Waals surface area (Å²) in [6.45, 7) is 4.15. The summed E-state index contributed by atoms with van der Waals surface area (Å²) in [4.78, 5) is 21.0. The fraction of sp³-hybridized carbons (Fsp3) is 0.359. The topological polar surface area (TPSA) is 100 Å². The summed E-state index contributed by atoms with van der Waals surface area (Å²) in [6.07, 6.45) is 8.55. The number of pyridine rings is 2. The van der Waals surface area contributed by atoms with Gasteiger partial charge in [0, 0.05) is 55.7 Å². The monoisotopic (exact) mass is 638 g/mol. The molecule has 8 nitrogen and oxygen atoms in total. The fourth-order valence-corrected chi connectivity index (χ4v) is 4.85. The lowest BCUT2D eigenvalue weighted by Crippen LogP contribution is -2.08. The number of nitrogens with zero attached hydrogens (tertiary/aromatic N) is 2. The van der Waals surface area contributed by atoms with E-state index in [1.807, 2.05) is 60.9 Å². The van der Waals surface area contributed by atoms with E-state index in [1.54, 1.807) is 0 Å². The number of hydrogen-bond donors (Lipinski definition) is 1. The van der Waals surface area contributed by atoms with Crippen molar-refractivity contribution in [3.05, 3.63) is 120 Å². The molecule has 0 aliphatic heterocycles. The van der Waals surface area contributed by atoms with Crippen molar-refractivity contribution >= 4 is 5.78 Å². The van der Waals surface area contributed by atoms with E-state index in [9.17, 15) is 9.90 Å². The van der Waals surface area contributed by atoms with E-state index < -0.39 is 0 Å². The van der Waals surface area contributed by atoms with Crippen LogP contribution in [0.15, 0.2) is 109 Å². The number of ether oxygens (including phenoxy) is 4. The number of aromatic nitrogens is 2. The highest BCUT2D eigenvalue weighted by molar-refractivity contribution is 5.89. The first-order valence-corrected chi connectivity index (χ1v) is 16.4. The van der Waals surface area contributed by atoms with Crippen molar-refractivity contribution in [2.75, 3.05) is 52.9 Å². The zero-order valence-electron chi connectivity index (χ0n) is 27.1. The van der Waals surface area contributed by atoms with Gasteiger partial charge < -0.3 is 24.1 Å². The van der Waals surface area contributed by atoms with E-state index in [1.165, 1.54) is 17.2 Å². The van der Waals surface area contributed by atoms with Crippen LogP contribution in [0, 0.1) is 0 Å². The van der Waals surface area contributed by atoms with Gasteiger partial charge >= 0.3 is 0 Å². The summed E-state index contributed by atoms with van der Waals surface area (Å²) in [7, 11) is 0. The Bertz CT molecular complexity index is 1480. The number of aliphatic hydroxyl groups excluding tert-OH is 1. The third-order valence-corrected chi connectivity index (χ3v) is 7.36. The first kappa shape index (κ1) is 35.6. The number of carbonyl (C=O) groups is 1. The Balaban J connectivity index is 0.934. The van der Waals surface area contributed by atoms with Crippen LogP contribution in [0.4, 0.5) is 0 Å². The highest BCUT2D eigenvalue weighted by atomic mass is 16.5. The molecule has 1 N–H and O–H groups in total. The highest BCUT2D eigenvalue weighted by Gasteiger charge is 2.04. The largest absolute Gasteiger partial charge is 0.512 e. The molecular formula is C39H46N2O6. The fourth-order valence-electron chi connectivity index (χ4n) is 4.85. The van der Waals surface area contributed by atoms with Crippen molar-refractivity contribution in [1.82, 2.24) is 9.97 Å². The summed E-state index contributed by atoms with van der Waals surface area (Å²) in [6, 6.07) is 28.4. The second kappa shape index (κ2) is 21.6. The second-order valence-corrected chi connectivity index (χ2v) is 11.1. The lowest BCUT2D eigenvalue weighted by molar-refractivity contribution is -0.115. The first-order valence-electron chi connectivity index (χ1n) is 16.4. The second-order valence-electron chi connectivity index (χ2n) is 11.1. The van der Waals surface area contributed by atoms with Crippen LogP contribution in [-0.4, -0.2) is 73.7 Å². The van der Waals surface area contributed by atoms with Crippen LogP contribution in [0.3, 0.4) is 0 Å². The Hall–Kier alpha value is -4.21. The van der Waals surface area contributed by atoms with Gasteiger partial charge in [-0.15, -0.1) is 0 Å². The van der Waals surface area contributed by atoms with Gasteiger partial charge in [0.1, 0.15) is 0 Å². The molecule has 8 heteroatoms. The predicted molar refractivity (Wildman–Crippen MR) is 184 cm³/mol. The normalized spacial score (nSPS) is 11.5. The molecule has 0 fully saturated rings. The molecule has 0 spiro atoms. The maximum Gasteiger partial charge on any atom is 0.159 e. The van der Waals surface area contributed by atoms with Crippen molar-refractivity contribution in [2.45, 2.75) is 38.5 Å². The van der Waals surface area contributed by atoms with Crippen LogP contribution in [0.1, 0.15) is 36.8 Å².